The first-order valence-electron chi connectivity index (χ1n) is 7.59. The molecular formula is C16H20ClF3N2O. The van der Waals surface area contributed by atoms with Gasteiger partial charge in [0, 0.05) is 19.1 Å². The van der Waals surface area contributed by atoms with Crippen molar-refractivity contribution in [3.63, 3.8) is 0 Å². The predicted octanol–water partition coefficient (Wildman–Crippen LogP) is 3.82. The maximum Gasteiger partial charge on any atom is 0.417 e. The molecule has 0 spiro atoms. The van der Waals surface area contributed by atoms with Gasteiger partial charge in [-0.2, -0.15) is 13.2 Å². The summed E-state index contributed by atoms with van der Waals surface area (Å²) >= 11 is 5.89. The monoisotopic (exact) mass is 348 g/mol. The van der Waals surface area contributed by atoms with Crippen LogP contribution in [-0.2, 0) is 6.18 Å². The molecule has 2 rings (SSSR count). The largest absolute Gasteiger partial charge is 0.417 e. The van der Waals surface area contributed by atoms with Crippen LogP contribution in [-0.4, -0.2) is 36.5 Å². The lowest BCUT2D eigenvalue weighted by Gasteiger charge is -2.30. The fraction of sp³-hybridized carbons (Fsp3) is 0.562. The number of nitrogens with zero attached hydrogens (tertiary/aromatic N) is 1. The second kappa shape index (κ2) is 7.09. The second-order valence-corrected chi connectivity index (χ2v) is 6.54. The molecule has 1 amide bonds. The summed E-state index contributed by atoms with van der Waals surface area (Å²) in [5.74, 6) is -0.229. The zero-order chi connectivity index (χ0) is 17.2. The number of hydrogen-bond acceptors (Lipinski definition) is 2. The van der Waals surface area contributed by atoms with Crippen LogP contribution in [0, 0.1) is 5.92 Å². The molecule has 1 N–H and O–H groups in total. The molecule has 23 heavy (non-hydrogen) atoms. The minimum Gasteiger partial charge on any atom is -0.334 e. The standard InChI is InChI=1S/C16H20ClF3N2O/c1-10(2)9-22(11-6-7-21-8-11)15(23)12-4-3-5-13(14(12)17)16(18,19)20/h3-5,10-11,21H,6-9H2,1-2H3/t11-/m0/s1. The summed E-state index contributed by atoms with van der Waals surface area (Å²) in [5, 5.41) is 2.65. The van der Waals surface area contributed by atoms with Gasteiger partial charge in [0.05, 0.1) is 16.1 Å². The molecule has 7 heteroatoms. The molecule has 1 fully saturated rings. The number of halogens is 4. The Morgan fingerprint density at radius 1 is 1.43 bits per heavy atom. The highest BCUT2D eigenvalue weighted by molar-refractivity contribution is 6.34. The molecule has 1 heterocycles. The first-order chi connectivity index (χ1) is 10.7. The summed E-state index contributed by atoms with van der Waals surface area (Å²) in [4.78, 5) is 14.5. The summed E-state index contributed by atoms with van der Waals surface area (Å²) in [6, 6.07) is 3.46. The molecule has 1 saturated heterocycles. The summed E-state index contributed by atoms with van der Waals surface area (Å²) < 4.78 is 39.0. The average molecular weight is 349 g/mol. The van der Waals surface area contributed by atoms with Crippen molar-refractivity contribution in [3.05, 3.63) is 34.3 Å². The third-order valence-electron chi connectivity index (χ3n) is 3.83. The molecule has 0 bridgehead atoms. The van der Waals surface area contributed by atoms with Gasteiger partial charge in [0.15, 0.2) is 0 Å². The molecule has 1 aromatic carbocycles. The quantitative estimate of drug-likeness (QED) is 0.897. The van der Waals surface area contributed by atoms with E-state index in [0.717, 1.165) is 19.0 Å². The normalized spacial score (nSPS) is 18.5. The summed E-state index contributed by atoms with van der Waals surface area (Å²) in [7, 11) is 0. The average Bonchev–Trinajstić information content (AvgIpc) is 2.96. The van der Waals surface area contributed by atoms with Gasteiger partial charge in [-0.15, -0.1) is 0 Å². The number of hydrogen-bond donors (Lipinski definition) is 1. The van der Waals surface area contributed by atoms with Crippen LogP contribution in [0.15, 0.2) is 18.2 Å². The van der Waals surface area contributed by atoms with Crippen LogP contribution in [0.5, 0.6) is 0 Å². The topological polar surface area (TPSA) is 32.3 Å². The van der Waals surface area contributed by atoms with Gasteiger partial charge in [-0.1, -0.05) is 31.5 Å². The lowest BCUT2D eigenvalue weighted by molar-refractivity contribution is -0.137. The third kappa shape index (κ3) is 4.18. The van der Waals surface area contributed by atoms with E-state index in [2.05, 4.69) is 5.32 Å². The fourth-order valence-electron chi connectivity index (χ4n) is 2.77. The number of carbonyl (C=O) groups is 1. The van der Waals surface area contributed by atoms with Crippen LogP contribution in [0.4, 0.5) is 13.2 Å². The van der Waals surface area contributed by atoms with Gasteiger partial charge in [-0.3, -0.25) is 4.79 Å². The molecule has 1 aromatic rings. The van der Waals surface area contributed by atoms with Crippen molar-refractivity contribution in [2.45, 2.75) is 32.5 Å². The Morgan fingerprint density at radius 2 is 2.13 bits per heavy atom. The van der Waals surface area contributed by atoms with Crippen molar-refractivity contribution < 1.29 is 18.0 Å². The number of carbonyl (C=O) groups excluding carboxylic acids is 1. The summed E-state index contributed by atoms with van der Waals surface area (Å²) in [6.07, 6.45) is -3.79. The lowest BCUT2D eigenvalue weighted by Crippen LogP contribution is -2.43. The van der Waals surface area contributed by atoms with Crippen molar-refractivity contribution in [2.75, 3.05) is 19.6 Å². The van der Waals surface area contributed by atoms with Crippen LogP contribution >= 0.6 is 11.6 Å². The maximum atomic E-state index is 13.0. The summed E-state index contributed by atoms with van der Waals surface area (Å²) in [5.41, 5.74) is -1.06. The number of benzene rings is 1. The molecule has 0 unspecified atom stereocenters. The Hall–Kier alpha value is -1.27. The molecule has 1 aliphatic rings. The molecule has 1 aliphatic heterocycles. The van der Waals surface area contributed by atoms with E-state index in [1.54, 1.807) is 4.90 Å². The molecule has 0 radical (unpaired) electrons. The predicted molar refractivity (Wildman–Crippen MR) is 83.6 cm³/mol. The van der Waals surface area contributed by atoms with Gasteiger partial charge in [0.2, 0.25) is 0 Å². The van der Waals surface area contributed by atoms with E-state index in [1.807, 2.05) is 13.8 Å². The van der Waals surface area contributed by atoms with Crippen LogP contribution < -0.4 is 5.32 Å². The Labute approximate surface area is 138 Å². The number of alkyl halides is 3. The zero-order valence-corrected chi connectivity index (χ0v) is 13.8. The van der Waals surface area contributed by atoms with Gasteiger partial charge >= 0.3 is 6.18 Å². The molecule has 1 atom stereocenters. The van der Waals surface area contributed by atoms with Crippen molar-refractivity contribution in [3.8, 4) is 0 Å². The zero-order valence-electron chi connectivity index (χ0n) is 13.1. The molecule has 0 aromatic heterocycles. The highest BCUT2D eigenvalue weighted by atomic mass is 35.5. The van der Waals surface area contributed by atoms with Crippen LogP contribution in [0.1, 0.15) is 36.2 Å². The van der Waals surface area contributed by atoms with Crippen molar-refractivity contribution in [1.29, 1.82) is 0 Å². The molecular weight excluding hydrogens is 329 g/mol. The van der Waals surface area contributed by atoms with Crippen molar-refractivity contribution in [1.82, 2.24) is 10.2 Å². The SMILES string of the molecule is CC(C)CN(C(=O)c1cccc(C(F)(F)F)c1Cl)[C@H]1CCNC1. The van der Waals surface area contributed by atoms with Crippen LogP contribution in [0.25, 0.3) is 0 Å². The molecule has 0 aliphatic carbocycles. The van der Waals surface area contributed by atoms with E-state index in [4.69, 9.17) is 11.6 Å². The van der Waals surface area contributed by atoms with E-state index in [9.17, 15) is 18.0 Å². The lowest BCUT2D eigenvalue weighted by atomic mass is 10.1. The van der Waals surface area contributed by atoms with Gasteiger partial charge in [0.25, 0.3) is 5.91 Å². The van der Waals surface area contributed by atoms with Gasteiger partial charge < -0.3 is 10.2 Å². The van der Waals surface area contributed by atoms with E-state index < -0.39 is 22.7 Å². The third-order valence-corrected chi connectivity index (χ3v) is 4.24. The van der Waals surface area contributed by atoms with Crippen molar-refractivity contribution in [2.24, 2.45) is 5.92 Å². The Morgan fingerprint density at radius 3 is 2.65 bits per heavy atom. The minimum absolute atomic E-state index is 0.0180. The number of amides is 1. The van der Waals surface area contributed by atoms with Crippen molar-refractivity contribution >= 4 is 17.5 Å². The molecule has 128 valence electrons. The van der Waals surface area contributed by atoms with E-state index >= 15 is 0 Å². The maximum absolute atomic E-state index is 13.0. The van der Waals surface area contributed by atoms with E-state index in [-0.39, 0.29) is 17.5 Å². The number of rotatable bonds is 4. The molecule has 0 saturated carbocycles. The van der Waals surface area contributed by atoms with Gasteiger partial charge in [-0.05, 0) is 31.0 Å². The number of nitrogens with one attached hydrogen (secondary N) is 1. The highest BCUT2D eigenvalue weighted by Crippen LogP contribution is 2.36. The molecule has 3 nitrogen and oxygen atoms in total. The van der Waals surface area contributed by atoms with Crippen LogP contribution in [0.2, 0.25) is 5.02 Å². The minimum atomic E-state index is -4.58. The second-order valence-electron chi connectivity index (χ2n) is 6.16. The first kappa shape index (κ1) is 18.1. The Kier molecular flexibility index (Phi) is 5.57. The summed E-state index contributed by atoms with van der Waals surface area (Å²) in [6.45, 7) is 5.86. The highest BCUT2D eigenvalue weighted by Gasteiger charge is 2.36. The fourth-order valence-corrected chi connectivity index (χ4v) is 3.08. The van der Waals surface area contributed by atoms with Gasteiger partial charge in [-0.25, -0.2) is 0 Å². The van der Waals surface area contributed by atoms with E-state index in [1.165, 1.54) is 12.1 Å². The van der Waals surface area contributed by atoms with Crippen LogP contribution in [0.3, 0.4) is 0 Å². The van der Waals surface area contributed by atoms with E-state index in [0.29, 0.717) is 13.1 Å². The Balaban J connectivity index is 2.36. The first-order valence-corrected chi connectivity index (χ1v) is 7.97. The van der Waals surface area contributed by atoms with Gasteiger partial charge in [0.1, 0.15) is 0 Å². The smallest absolute Gasteiger partial charge is 0.334 e. The Bertz CT molecular complexity index is 569.